The number of hydrogen-bond acceptors (Lipinski definition) is 6. The van der Waals surface area contributed by atoms with Crippen LogP contribution in [0.3, 0.4) is 0 Å². The molecule has 2 aromatic heterocycles. The third kappa shape index (κ3) is 7.60. The molecule has 1 saturated carbocycles. The van der Waals surface area contributed by atoms with Crippen LogP contribution in [0.4, 0.5) is 0 Å². The minimum atomic E-state index is 0. The number of rotatable bonds is 9. The third-order valence-electron chi connectivity index (χ3n) is 4.74. The standard InChI is InChI=1S/C19H28N4O2S.ClH/c24-17(21-13-12-20-15-7-3-1-2-4-8-15)10-5-11-18-22-19(23-25-18)16-9-6-14-26-16;/h6,9,14-15,20H,1-5,7-8,10-13H2,(H,21,24);1H. The fourth-order valence-electron chi connectivity index (χ4n) is 3.31. The molecule has 0 unspecified atom stereocenters. The van der Waals surface area contributed by atoms with Crippen LogP contribution in [0.15, 0.2) is 22.0 Å². The Balaban J connectivity index is 0.00000261. The van der Waals surface area contributed by atoms with E-state index in [1.165, 1.54) is 38.5 Å². The highest BCUT2D eigenvalue weighted by Crippen LogP contribution is 2.21. The lowest BCUT2D eigenvalue weighted by Crippen LogP contribution is -2.36. The summed E-state index contributed by atoms with van der Waals surface area (Å²) in [5, 5.41) is 12.5. The van der Waals surface area contributed by atoms with Gasteiger partial charge in [-0.1, -0.05) is 36.9 Å². The quantitative estimate of drug-likeness (QED) is 0.481. The fraction of sp³-hybridized carbons (Fsp3) is 0.632. The molecule has 0 aliphatic heterocycles. The van der Waals surface area contributed by atoms with Crippen LogP contribution in [-0.2, 0) is 11.2 Å². The topological polar surface area (TPSA) is 80.0 Å². The van der Waals surface area contributed by atoms with E-state index in [2.05, 4.69) is 20.8 Å². The molecule has 0 atom stereocenters. The minimum absolute atomic E-state index is 0. The van der Waals surface area contributed by atoms with Crippen molar-refractivity contribution in [2.24, 2.45) is 0 Å². The number of nitrogens with zero attached hydrogens (tertiary/aromatic N) is 2. The van der Waals surface area contributed by atoms with Crippen LogP contribution in [0.25, 0.3) is 10.7 Å². The smallest absolute Gasteiger partial charge is 0.226 e. The van der Waals surface area contributed by atoms with Crippen molar-refractivity contribution >= 4 is 29.7 Å². The highest BCUT2D eigenvalue weighted by Gasteiger charge is 2.12. The molecule has 0 saturated heterocycles. The average Bonchev–Trinajstić information content (AvgIpc) is 3.26. The van der Waals surface area contributed by atoms with Gasteiger partial charge in [0.05, 0.1) is 4.88 Å². The van der Waals surface area contributed by atoms with Crippen molar-refractivity contribution in [3.8, 4) is 10.7 Å². The first kappa shape index (κ1) is 21.9. The molecule has 0 aromatic carbocycles. The van der Waals surface area contributed by atoms with Gasteiger partial charge in [-0.05, 0) is 30.7 Å². The maximum absolute atomic E-state index is 11.9. The van der Waals surface area contributed by atoms with Crippen molar-refractivity contribution in [2.45, 2.75) is 63.8 Å². The second kappa shape index (κ2) is 12.1. The average molecular weight is 413 g/mol. The molecule has 0 bridgehead atoms. The van der Waals surface area contributed by atoms with E-state index in [-0.39, 0.29) is 18.3 Å². The highest BCUT2D eigenvalue weighted by molar-refractivity contribution is 7.13. The van der Waals surface area contributed by atoms with Gasteiger partial charge in [0.2, 0.25) is 17.6 Å². The molecular formula is C19H29ClN4O2S. The van der Waals surface area contributed by atoms with E-state index in [0.29, 0.717) is 43.6 Å². The zero-order valence-corrected chi connectivity index (χ0v) is 17.2. The molecule has 1 fully saturated rings. The predicted octanol–water partition coefficient (Wildman–Crippen LogP) is 3.97. The number of carbonyl (C=O) groups excluding carboxylic acids is 1. The van der Waals surface area contributed by atoms with Crippen molar-refractivity contribution in [2.75, 3.05) is 13.1 Å². The first-order valence-corrected chi connectivity index (χ1v) is 10.6. The van der Waals surface area contributed by atoms with Crippen molar-refractivity contribution in [3.05, 3.63) is 23.4 Å². The normalized spacial score (nSPS) is 15.1. The Labute approximate surface area is 170 Å². The van der Waals surface area contributed by atoms with Gasteiger partial charge in [0, 0.05) is 32.0 Å². The van der Waals surface area contributed by atoms with Gasteiger partial charge in [0.25, 0.3) is 0 Å². The number of hydrogen-bond donors (Lipinski definition) is 2. The number of halogens is 1. The van der Waals surface area contributed by atoms with Crippen LogP contribution in [0.1, 0.15) is 57.3 Å². The number of aryl methyl sites for hydroxylation is 1. The molecule has 0 radical (unpaired) electrons. The molecule has 1 amide bonds. The van der Waals surface area contributed by atoms with Gasteiger partial charge in [-0.15, -0.1) is 23.7 Å². The van der Waals surface area contributed by atoms with Crippen molar-refractivity contribution in [3.63, 3.8) is 0 Å². The summed E-state index contributed by atoms with van der Waals surface area (Å²) in [7, 11) is 0. The van der Waals surface area contributed by atoms with E-state index < -0.39 is 0 Å². The van der Waals surface area contributed by atoms with Gasteiger partial charge < -0.3 is 15.2 Å². The maximum atomic E-state index is 11.9. The van der Waals surface area contributed by atoms with Gasteiger partial charge in [0.15, 0.2) is 0 Å². The SMILES string of the molecule is Cl.O=C(CCCc1nc(-c2cccs2)no1)NCCNC1CCCCCC1. The number of nitrogens with one attached hydrogen (secondary N) is 2. The second-order valence-corrected chi connectivity index (χ2v) is 7.78. The molecule has 0 spiro atoms. The van der Waals surface area contributed by atoms with E-state index >= 15 is 0 Å². The van der Waals surface area contributed by atoms with Crippen LogP contribution < -0.4 is 10.6 Å². The largest absolute Gasteiger partial charge is 0.355 e. The lowest BCUT2D eigenvalue weighted by atomic mass is 10.1. The van der Waals surface area contributed by atoms with Gasteiger partial charge in [-0.2, -0.15) is 4.98 Å². The Hall–Kier alpha value is -1.44. The first-order chi connectivity index (χ1) is 12.8. The van der Waals surface area contributed by atoms with Crippen LogP contribution in [-0.4, -0.2) is 35.2 Å². The highest BCUT2D eigenvalue weighted by atomic mass is 35.5. The molecule has 2 heterocycles. The van der Waals surface area contributed by atoms with E-state index in [1.807, 2.05) is 17.5 Å². The van der Waals surface area contributed by atoms with Gasteiger partial charge in [-0.25, -0.2) is 0 Å². The summed E-state index contributed by atoms with van der Waals surface area (Å²) in [4.78, 5) is 17.3. The van der Waals surface area contributed by atoms with Gasteiger partial charge in [-0.3, -0.25) is 4.79 Å². The van der Waals surface area contributed by atoms with E-state index in [9.17, 15) is 4.79 Å². The molecule has 8 heteroatoms. The second-order valence-electron chi connectivity index (χ2n) is 6.84. The molecule has 150 valence electrons. The van der Waals surface area contributed by atoms with Crippen LogP contribution >= 0.6 is 23.7 Å². The maximum Gasteiger partial charge on any atom is 0.226 e. The molecule has 3 rings (SSSR count). The molecule has 6 nitrogen and oxygen atoms in total. The third-order valence-corrected chi connectivity index (χ3v) is 5.61. The summed E-state index contributed by atoms with van der Waals surface area (Å²) in [6.07, 6.45) is 9.76. The van der Waals surface area contributed by atoms with Gasteiger partial charge >= 0.3 is 0 Å². The summed E-state index contributed by atoms with van der Waals surface area (Å²) in [6.45, 7) is 1.54. The molecule has 1 aliphatic carbocycles. The van der Waals surface area contributed by atoms with Crippen LogP contribution in [0.5, 0.6) is 0 Å². The zero-order valence-electron chi connectivity index (χ0n) is 15.6. The molecule has 1 aliphatic rings. The lowest BCUT2D eigenvalue weighted by molar-refractivity contribution is -0.121. The summed E-state index contributed by atoms with van der Waals surface area (Å²) in [6, 6.07) is 4.56. The summed E-state index contributed by atoms with van der Waals surface area (Å²) in [5.41, 5.74) is 0. The van der Waals surface area contributed by atoms with Crippen molar-refractivity contribution in [1.29, 1.82) is 0 Å². The number of thiophene rings is 1. The molecular weight excluding hydrogens is 384 g/mol. The van der Waals surface area contributed by atoms with Crippen molar-refractivity contribution in [1.82, 2.24) is 20.8 Å². The minimum Gasteiger partial charge on any atom is -0.355 e. The lowest BCUT2D eigenvalue weighted by Gasteiger charge is -2.16. The summed E-state index contributed by atoms with van der Waals surface area (Å²) in [5.74, 6) is 1.31. The zero-order chi connectivity index (χ0) is 18.0. The molecule has 2 aromatic rings. The van der Waals surface area contributed by atoms with E-state index in [0.717, 1.165) is 11.4 Å². The number of carbonyl (C=O) groups is 1. The molecule has 2 N–H and O–H groups in total. The first-order valence-electron chi connectivity index (χ1n) is 9.68. The summed E-state index contributed by atoms with van der Waals surface area (Å²) < 4.78 is 5.25. The monoisotopic (exact) mass is 412 g/mol. The summed E-state index contributed by atoms with van der Waals surface area (Å²) >= 11 is 1.59. The Bertz CT molecular complexity index is 654. The molecule has 27 heavy (non-hydrogen) atoms. The van der Waals surface area contributed by atoms with Crippen LogP contribution in [0.2, 0.25) is 0 Å². The predicted molar refractivity (Wildman–Crippen MR) is 110 cm³/mol. The van der Waals surface area contributed by atoms with E-state index in [4.69, 9.17) is 4.52 Å². The Morgan fingerprint density at radius 1 is 1.22 bits per heavy atom. The van der Waals surface area contributed by atoms with Crippen molar-refractivity contribution < 1.29 is 9.32 Å². The number of amides is 1. The fourth-order valence-corrected chi connectivity index (χ4v) is 3.96. The van der Waals surface area contributed by atoms with Crippen LogP contribution in [0, 0.1) is 0 Å². The van der Waals surface area contributed by atoms with E-state index in [1.54, 1.807) is 11.3 Å². The van der Waals surface area contributed by atoms with Gasteiger partial charge in [0.1, 0.15) is 0 Å². The Morgan fingerprint density at radius 3 is 2.78 bits per heavy atom. The Morgan fingerprint density at radius 2 is 2.04 bits per heavy atom. The Kier molecular flexibility index (Phi) is 9.80. The number of aromatic nitrogens is 2.